The van der Waals surface area contributed by atoms with Gasteiger partial charge in [-0.15, -0.1) is 0 Å². The molecule has 1 saturated heterocycles. The van der Waals surface area contributed by atoms with Crippen LogP contribution in [0.3, 0.4) is 0 Å². The van der Waals surface area contributed by atoms with Gasteiger partial charge >= 0.3 is 0 Å². The molecule has 0 bridgehead atoms. The maximum atomic E-state index is 12.1. The van der Waals surface area contributed by atoms with E-state index in [-0.39, 0.29) is 30.0 Å². The predicted octanol–water partition coefficient (Wildman–Crippen LogP) is 0.943. The van der Waals surface area contributed by atoms with E-state index in [1.54, 1.807) is 23.1 Å². The van der Waals surface area contributed by atoms with E-state index in [0.29, 0.717) is 18.7 Å². The van der Waals surface area contributed by atoms with E-state index < -0.39 is 4.92 Å². The average molecular weight is 263 g/mol. The molecule has 102 valence electrons. The second-order valence-electron chi connectivity index (χ2n) is 5.00. The molecule has 6 heteroatoms. The third-order valence-corrected chi connectivity index (χ3v) is 3.55. The van der Waals surface area contributed by atoms with E-state index in [1.807, 2.05) is 6.92 Å². The van der Waals surface area contributed by atoms with E-state index in [0.717, 1.165) is 0 Å². The van der Waals surface area contributed by atoms with Gasteiger partial charge < -0.3 is 10.6 Å². The second kappa shape index (κ2) is 5.36. The number of benzene rings is 1. The van der Waals surface area contributed by atoms with Crippen LogP contribution in [-0.2, 0) is 11.2 Å². The summed E-state index contributed by atoms with van der Waals surface area (Å²) in [6.45, 7) is 3.16. The Bertz CT molecular complexity index is 494. The molecular weight excluding hydrogens is 246 g/mol. The molecule has 1 amide bonds. The molecule has 19 heavy (non-hydrogen) atoms. The molecule has 2 atom stereocenters. The number of amides is 1. The number of hydrogen-bond acceptors (Lipinski definition) is 4. The zero-order valence-corrected chi connectivity index (χ0v) is 10.8. The van der Waals surface area contributed by atoms with Crippen LogP contribution in [0.4, 0.5) is 5.69 Å². The number of likely N-dealkylation sites (tertiary alicyclic amines) is 1. The molecule has 0 aliphatic carbocycles. The first kappa shape index (κ1) is 13.5. The fraction of sp³-hybridized carbons (Fsp3) is 0.462. The lowest BCUT2D eigenvalue weighted by Crippen LogP contribution is -2.33. The minimum absolute atomic E-state index is 0.00490. The van der Waals surface area contributed by atoms with Crippen LogP contribution >= 0.6 is 0 Å². The number of para-hydroxylation sites is 1. The monoisotopic (exact) mass is 263 g/mol. The van der Waals surface area contributed by atoms with Gasteiger partial charge in [-0.25, -0.2) is 0 Å². The fourth-order valence-corrected chi connectivity index (χ4v) is 2.31. The van der Waals surface area contributed by atoms with Gasteiger partial charge in [0.25, 0.3) is 5.69 Å². The first-order valence-corrected chi connectivity index (χ1v) is 6.24. The molecule has 2 rings (SSSR count). The van der Waals surface area contributed by atoms with E-state index >= 15 is 0 Å². The summed E-state index contributed by atoms with van der Waals surface area (Å²) in [6, 6.07) is 6.33. The molecule has 0 saturated carbocycles. The van der Waals surface area contributed by atoms with Crippen LogP contribution in [0.5, 0.6) is 0 Å². The van der Waals surface area contributed by atoms with Gasteiger partial charge in [-0.05, 0) is 5.92 Å². The van der Waals surface area contributed by atoms with Crippen molar-refractivity contribution in [2.75, 3.05) is 13.1 Å². The first-order chi connectivity index (χ1) is 8.99. The zero-order valence-electron chi connectivity index (χ0n) is 10.8. The number of nitro groups is 1. The molecule has 6 nitrogen and oxygen atoms in total. The highest BCUT2D eigenvalue weighted by Gasteiger charge is 2.30. The van der Waals surface area contributed by atoms with Crippen LogP contribution in [0.2, 0.25) is 0 Å². The topological polar surface area (TPSA) is 89.5 Å². The molecule has 0 aromatic heterocycles. The van der Waals surface area contributed by atoms with Gasteiger partial charge in [0.1, 0.15) is 0 Å². The lowest BCUT2D eigenvalue weighted by Gasteiger charge is -2.15. The maximum Gasteiger partial charge on any atom is 0.273 e. The summed E-state index contributed by atoms with van der Waals surface area (Å²) >= 11 is 0. The van der Waals surface area contributed by atoms with Crippen molar-refractivity contribution in [3.05, 3.63) is 39.9 Å². The highest BCUT2D eigenvalue weighted by molar-refractivity contribution is 5.80. The van der Waals surface area contributed by atoms with Crippen molar-refractivity contribution in [3.63, 3.8) is 0 Å². The fourth-order valence-electron chi connectivity index (χ4n) is 2.31. The second-order valence-corrected chi connectivity index (χ2v) is 5.00. The molecule has 0 radical (unpaired) electrons. The van der Waals surface area contributed by atoms with Crippen molar-refractivity contribution < 1.29 is 9.72 Å². The SMILES string of the molecule is CC1CN(C(=O)Cc2ccccc2[N+](=O)[O-])CC1N. The highest BCUT2D eigenvalue weighted by atomic mass is 16.6. The summed E-state index contributed by atoms with van der Waals surface area (Å²) in [5.74, 6) is 0.170. The minimum atomic E-state index is -0.457. The third kappa shape index (κ3) is 2.90. The summed E-state index contributed by atoms with van der Waals surface area (Å²) in [5.41, 5.74) is 6.32. The number of nitrogens with two attached hydrogens (primary N) is 1. The Balaban J connectivity index is 2.10. The van der Waals surface area contributed by atoms with Gasteiger partial charge in [-0.3, -0.25) is 14.9 Å². The van der Waals surface area contributed by atoms with Crippen LogP contribution in [0, 0.1) is 16.0 Å². The lowest BCUT2D eigenvalue weighted by atomic mass is 10.1. The molecular formula is C13H17N3O3. The Kier molecular flexibility index (Phi) is 3.80. The summed E-state index contributed by atoms with van der Waals surface area (Å²) < 4.78 is 0. The van der Waals surface area contributed by atoms with Crippen molar-refractivity contribution in [2.45, 2.75) is 19.4 Å². The van der Waals surface area contributed by atoms with Gasteiger partial charge in [0, 0.05) is 30.8 Å². The van der Waals surface area contributed by atoms with E-state index in [1.165, 1.54) is 6.07 Å². The minimum Gasteiger partial charge on any atom is -0.341 e. The standard InChI is InChI=1S/C13H17N3O3/c1-9-7-15(8-11(9)14)13(17)6-10-4-2-3-5-12(10)16(18)19/h2-5,9,11H,6-8,14H2,1H3. The number of carbonyl (C=O) groups is 1. The smallest absolute Gasteiger partial charge is 0.273 e. The van der Waals surface area contributed by atoms with Crippen LogP contribution in [0.15, 0.2) is 24.3 Å². The highest BCUT2D eigenvalue weighted by Crippen LogP contribution is 2.21. The number of hydrogen-bond donors (Lipinski definition) is 1. The Morgan fingerprint density at radius 3 is 2.74 bits per heavy atom. The van der Waals surface area contributed by atoms with E-state index in [4.69, 9.17) is 5.73 Å². The van der Waals surface area contributed by atoms with Crippen LogP contribution in [-0.4, -0.2) is 34.9 Å². The Morgan fingerprint density at radius 2 is 2.16 bits per heavy atom. The van der Waals surface area contributed by atoms with Crippen molar-refractivity contribution in [2.24, 2.45) is 11.7 Å². The number of nitrogens with zero attached hydrogens (tertiary/aromatic N) is 2. The molecule has 1 aromatic carbocycles. The quantitative estimate of drug-likeness (QED) is 0.649. The molecule has 1 heterocycles. The van der Waals surface area contributed by atoms with Crippen LogP contribution < -0.4 is 5.73 Å². The van der Waals surface area contributed by atoms with E-state index in [2.05, 4.69) is 0 Å². The maximum absolute atomic E-state index is 12.1. The van der Waals surface area contributed by atoms with Gasteiger partial charge in [0.05, 0.1) is 11.3 Å². The largest absolute Gasteiger partial charge is 0.341 e. The molecule has 2 N–H and O–H groups in total. The van der Waals surface area contributed by atoms with Crippen molar-refractivity contribution in [1.82, 2.24) is 4.90 Å². The van der Waals surface area contributed by atoms with Crippen molar-refractivity contribution in [3.8, 4) is 0 Å². The summed E-state index contributed by atoms with van der Waals surface area (Å²) in [5, 5.41) is 10.9. The van der Waals surface area contributed by atoms with Crippen LogP contribution in [0.25, 0.3) is 0 Å². The van der Waals surface area contributed by atoms with Crippen molar-refractivity contribution >= 4 is 11.6 Å². The Morgan fingerprint density at radius 1 is 1.47 bits per heavy atom. The molecule has 1 aromatic rings. The van der Waals surface area contributed by atoms with Crippen molar-refractivity contribution in [1.29, 1.82) is 0 Å². The van der Waals surface area contributed by atoms with Gasteiger partial charge in [-0.2, -0.15) is 0 Å². The zero-order chi connectivity index (χ0) is 14.0. The van der Waals surface area contributed by atoms with Gasteiger partial charge in [0.2, 0.25) is 5.91 Å². The predicted molar refractivity (Wildman–Crippen MR) is 70.5 cm³/mol. The van der Waals surface area contributed by atoms with Gasteiger partial charge in [-0.1, -0.05) is 25.1 Å². The summed E-state index contributed by atoms with van der Waals surface area (Å²) in [6.07, 6.45) is 0.0522. The van der Waals surface area contributed by atoms with Gasteiger partial charge in [0.15, 0.2) is 0 Å². The summed E-state index contributed by atoms with van der Waals surface area (Å²) in [7, 11) is 0. The third-order valence-electron chi connectivity index (χ3n) is 3.55. The molecule has 1 aliphatic heterocycles. The molecule has 1 aliphatic rings. The van der Waals surface area contributed by atoms with Crippen LogP contribution in [0.1, 0.15) is 12.5 Å². The number of carbonyl (C=O) groups excluding carboxylic acids is 1. The molecule has 2 unspecified atom stereocenters. The molecule has 0 spiro atoms. The normalized spacial score (nSPS) is 22.5. The summed E-state index contributed by atoms with van der Waals surface area (Å²) in [4.78, 5) is 24.2. The first-order valence-electron chi connectivity index (χ1n) is 6.24. The average Bonchev–Trinajstić information content (AvgIpc) is 2.70. The lowest BCUT2D eigenvalue weighted by molar-refractivity contribution is -0.385. The number of nitro benzene ring substituents is 1. The van der Waals surface area contributed by atoms with E-state index in [9.17, 15) is 14.9 Å². The number of rotatable bonds is 3. The molecule has 1 fully saturated rings. The Hall–Kier alpha value is -1.95. The Labute approximate surface area is 111 Å².